The van der Waals surface area contributed by atoms with Crippen molar-refractivity contribution in [3.8, 4) is 0 Å². The van der Waals surface area contributed by atoms with Gasteiger partial charge in [0.1, 0.15) is 0 Å². The number of unbranched alkanes of at least 4 members (excludes halogenated alkanes) is 34. The molecule has 3 N–H and O–H groups in total. The summed E-state index contributed by atoms with van der Waals surface area (Å²) in [5.41, 5.74) is 0. The molecule has 0 aromatic rings. The highest BCUT2D eigenvalue weighted by molar-refractivity contribution is 5.76. The van der Waals surface area contributed by atoms with E-state index in [-0.39, 0.29) is 18.5 Å². The Bertz CT molecular complexity index is 904. The zero-order chi connectivity index (χ0) is 42.3. The predicted octanol–water partition coefficient (Wildman–Crippen LogP) is 15.1. The molecule has 6 nitrogen and oxygen atoms in total. The van der Waals surface area contributed by atoms with Crippen LogP contribution >= 0.6 is 0 Å². The SMILES string of the molecule is CCCCCCCC/C=C\CCCCCCCCCC(=O)OCCCCCCCCCCCCCCCCCC(=O)NC(CO)C(O)/C=C/CCCCCCCCC. The van der Waals surface area contributed by atoms with Crippen LogP contribution in [0.2, 0.25) is 0 Å². The van der Waals surface area contributed by atoms with Crippen LogP contribution in [0.4, 0.5) is 0 Å². The molecule has 0 rings (SSSR count). The maximum Gasteiger partial charge on any atom is 0.305 e. The van der Waals surface area contributed by atoms with E-state index in [1.165, 1.54) is 186 Å². The van der Waals surface area contributed by atoms with Crippen molar-refractivity contribution in [1.29, 1.82) is 0 Å². The van der Waals surface area contributed by atoms with Gasteiger partial charge in [-0.3, -0.25) is 9.59 Å². The first kappa shape index (κ1) is 56.3. The van der Waals surface area contributed by atoms with E-state index in [0.717, 1.165) is 57.8 Å². The van der Waals surface area contributed by atoms with Crippen molar-refractivity contribution < 1.29 is 24.5 Å². The van der Waals surface area contributed by atoms with Crippen LogP contribution in [0, 0.1) is 0 Å². The number of hydrogen-bond acceptors (Lipinski definition) is 5. The van der Waals surface area contributed by atoms with Crippen LogP contribution in [0.3, 0.4) is 0 Å². The Morgan fingerprint density at radius 1 is 0.466 bits per heavy atom. The van der Waals surface area contributed by atoms with Crippen molar-refractivity contribution in [1.82, 2.24) is 5.32 Å². The third-order valence-corrected chi connectivity index (χ3v) is 11.7. The molecule has 2 atom stereocenters. The van der Waals surface area contributed by atoms with Crippen molar-refractivity contribution in [3.63, 3.8) is 0 Å². The van der Waals surface area contributed by atoms with Gasteiger partial charge in [0.15, 0.2) is 0 Å². The number of aliphatic hydroxyl groups is 2. The number of rotatable bonds is 47. The molecule has 0 heterocycles. The molecule has 0 spiro atoms. The van der Waals surface area contributed by atoms with Crippen LogP contribution in [0.15, 0.2) is 24.3 Å². The Kier molecular flexibility index (Phi) is 46.6. The van der Waals surface area contributed by atoms with Crippen molar-refractivity contribution in [2.24, 2.45) is 0 Å². The summed E-state index contributed by atoms with van der Waals surface area (Å²) in [6.07, 6.45) is 56.1. The van der Waals surface area contributed by atoms with Gasteiger partial charge in [-0.1, -0.05) is 224 Å². The Morgan fingerprint density at radius 3 is 1.22 bits per heavy atom. The zero-order valence-corrected chi connectivity index (χ0v) is 38.8. The van der Waals surface area contributed by atoms with E-state index in [0.29, 0.717) is 19.4 Å². The molecule has 0 aliphatic heterocycles. The van der Waals surface area contributed by atoms with Gasteiger partial charge in [0.05, 0.1) is 25.4 Å². The molecular formula is C52H99NO5. The number of allylic oxidation sites excluding steroid dienone is 3. The van der Waals surface area contributed by atoms with E-state index in [1.807, 2.05) is 6.08 Å². The van der Waals surface area contributed by atoms with E-state index in [2.05, 4.69) is 31.3 Å². The minimum Gasteiger partial charge on any atom is -0.466 e. The molecule has 6 heteroatoms. The van der Waals surface area contributed by atoms with Crippen molar-refractivity contribution in [3.05, 3.63) is 24.3 Å². The van der Waals surface area contributed by atoms with E-state index in [1.54, 1.807) is 6.08 Å². The topological polar surface area (TPSA) is 95.9 Å². The number of hydrogen-bond donors (Lipinski definition) is 3. The first-order valence-corrected chi connectivity index (χ1v) is 25.6. The standard InChI is InChI=1S/C52H99NO5/c1-3-5-7-9-11-13-14-15-16-17-20-23-26-30-34-38-42-46-52(57)58-47-43-39-35-31-27-24-21-18-19-22-25-29-33-37-41-45-51(56)53-49(48-54)50(55)44-40-36-32-28-12-10-8-6-4-2/h15-16,40,44,49-50,54-55H,3-14,17-39,41-43,45-48H2,1-2H3,(H,53,56)/b16-15-,44-40+. The molecule has 0 saturated carbocycles. The largest absolute Gasteiger partial charge is 0.466 e. The molecule has 0 radical (unpaired) electrons. The highest BCUT2D eigenvalue weighted by atomic mass is 16.5. The van der Waals surface area contributed by atoms with Crippen molar-refractivity contribution in [2.75, 3.05) is 13.2 Å². The quantitative estimate of drug-likeness (QED) is 0.0323. The van der Waals surface area contributed by atoms with Gasteiger partial charge in [-0.25, -0.2) is 0 Å². The van der Waals surface area contributed by atoms with Crippen molar-refractivity contribution in [2.45, 2.75) is 283 Å². The fourth-order valence-corrected chi connectivity index (χ4v) is 7.74. The number of ether oxygens (including phenoxy) is 1. The highest BCUT2D eigenvalue weighted by Crippen LogP contribution is 2.16. The number of amides is 1. The molecular weight excluding hydrogens is 719 g/mol. The van der Waals surface area contributed by atoms with Crippen LogP contribution in [0.25, 0.3) is 0 Å². The van der Waals surface area contributed by atoms with Crippen LogP contribution in [0.5, 0.6) is 0 Å². The van der Waals surface area contributed by atoms with Gasteiger partial charge < -0.3 is 20.3 Å². The monoisotopic (exact) mass is 818 g/mol. The maximum absolute atomic E-state index is 12.4. The molecule has 0 bridgehead atoms. The van der Waals surface area contributed by atoms with Crippen molar-refractivity contribution >= 4 is 11.9 Å². The summed E-state index contributed by atoms with van der Waals surface area (Å²) >= 11 is 0. The van der Waals surface area contributed by atoms with Gasteiger partial charge in [-0.15, -0.1) is 0 Å². The molecule has 1 amide bonds. The molecule has 0 aliphatic rings. The average molecular weight is 818 g/mol. The lowest BCUT2D eigenvalue weighted by Gasteiger charge is -2.20. The smallest absolute Gasteiger partial charge is 0.305 e. The lowest BCUT2D eigenvalue weighted by Crippen LogP contribution is -2.45. The van der Waals surface area contributed by atoms with Crippen LogP contribution < -0.4 is 5.32 Å². The molecule has 0 aromatic heterocycles. The van der Waals surface area contributed by atoms with E-state index >= 15 is 0 Å². The van der Waals surface area contributed by atoms with Gasteiger partial charge in [-0.05, 0) is 57.8 Å². The molecule has 0 aliphatic carbocycles. The normalized spacial score (nSPS) is 12.8. The van der Waals surface area contributed by atoms with Crippen LogP contribution in [0.1, 0.15) is 271 Å². The van der Waals surface area contributed by atoms with Gasteiger partial charge >= 0.3 is 5.97 Å². The van der Waals surface area contributed by atoms with Gasteiger partial charge in [0.25, 0.3) is 0 Å². The lowest BCUT2D eigenvalue weighted by atomic mass is 10.0. The second-order valence-corrected chi connectivity index (χ2v) is 17.5. The Balaban J connectivity index is 3.41. The molecule has 0 saturated heterocycles. The molecule has 2 unspecified atom stereocenters. The Hall–Kier alpha value is -1.66. The number of esters is 1. The summed E-state index contributed by atoms with van der Waals surface area (Å²) in [6.45, 7) is 4.85. The summed E-state index contributed by atoms with van der Waals surface area (Å²) in [6, 6.07) is -0.632. The number of aliphatic hydroxyl groups excluding tert-OH is 2. The number of carbonyl (C=O) groups excluding carboxylic acids is 2. The summed E-state index contributed by atoms with van der Waals surface area (Å²) in [4.78, 5) is 24.4. The minimum atomic E-state index is -0.847. The Labute approximate surface area is 361 Å². The molecule has 342 valence electrons. The number of nitrogens with one attached hydrogen (secondary N) is 1. The van der Waals surface area contributed by atoms with Gasteiger partial charge in [0.2, 0.25) is 5.91 Å². The van der Waals surface area contributed by atoms with Crippen LogP contribution in [-0.4, -0.2) is 47.4 Å². The zero-order valence-electron chi connectivity index (χ0n) is 38.8. The average Bonchev–Trinajstić information content (AvgIpc) is 3.22. The second kappa shape index (κ2) is 48.0. The van der Waals surface area contributed by atoms with E-state index in [9.17, 15) is 19.8 Å². The fraction of sp³-hybridized carbons (Fsp3) is 0.885. The second-order valence-electron chi connectivity index (χ2n) is 17.5. The summed E-state index contributed by atoms with van der Waals surface area (Å²) in [5.74, 6) is -0.0840. The summed E-state index contributed by atoms with van der Waals surface area (Å²) in [5, 5.41) is 22.9. The minimum absolute atomic E-state index is 0.00445. The third-order valence-electron chi connectivity index (χ3n) is 11.7. The lowest BCUT2D eigenvalue weighted by molar-refractivity contribution is -0.143. The van der Waals surface area contributed by atoms with Gasteiger partial charge in [0, 0.05) is 12.8 Å². The Morgan fingerprint density at radius 2 is 0.810 bits per heavy atom. The van der Waals surface area contributed by atoms with E-state index in [4.69, 9.17) is 4.74 Å². The molecule has 0 fully saturated rings. The molecule has 58 heavy (non-hydrogen) atoms. The predicted molar refractivity (Wildman–Crippen MR) is 250 cm³/mol. The molecule has 0 aromatic carbocycles. The first-order chi connectivity index (χ1) is 28.5. The summed E-state index contributed by atoms with van der Waals surface area (Å²) < 4.78 is 5.47. The summed E-state index contributed by atoms with van der Waals surface area (Å²) in [7, 11) is 0. The highest BCUT2D eigenvalue weighted by Gasteiger charge is 2.18. The number of carbonyl (C=O) groups is 2. The first-order valence-electron chi connectivity index (χ1n) is 25.6. The van der Waals surface area contributed by atoms with Gasteiger partial charge in [-0.2, -0.15) is 0 Å². The van der Waals surface area contributed by atoms with Crippen LogP contribution in [-0.2, 0) is 14.3 Å². The van der Waals surface area contributed by atoms with E-state index < -0.39 is 12.1 Å². The fourth-order valence-electron chi connectivity index (χ4n) is 7.74. The maximum atomic E-state index is 12.4. The third kappa shape index (κ3) is 43.9.